The molecule has 0 atom stereocenters. The number of halogens is 2. The molecule has 3 aromatic rings. The first-order valence-corrected chi connectivity index (χ1v) is 10.1. The van der Waals surface area contributed by atoms with Gasteiger partial charge in [0.25, 0.3) is 11.8 Å². The zero-order valence-corrected chi connectivity index (χ0v) is 17.5. The van der Waals surface area contributed by atoms with Gasteiger partial charge in [0, 0.05) is 20.7 Å². The van der Waals surface area contributed by atoms with Crippen LogP contribution in [0.1, 0.15) is 15.9 Å². The molecule has 0 saturated carbocycles. The van der Waals surface area contributed by atoms with Crippen molar-refractivity contribution in [3.8, 4) is 5.75 Å². The maximum atomic E-state index is 12.5. The van der Waals surface area contributed by atoms with Crippen molar-refractivity contribution in [2.75, 3.05) is 16.8 Å². The van der Waals surface area contributed by atoms with Gasteiger partial charge in [0.05, 0.1) is 12.2 Å². The number of benzene rings is 3. The molecule has 0 fully saturated rings. The molecule has 7 heteroatoms. The van der Waals surface area contributed by atoms with Crippen LogP contribution in [0.4, 0.5) is 11.4 Å². The van der Waals surface area contributed by atoms with Crippen LogP contribution in [0.5, 0.6) is 5.75 Å². The van der Waals surface area contributed by atoms with Gasteiger partial charge in [-0.2, -0.15) is 0 Å². The number of anilines is 2. The first kappa shape index (κ1) is 19.5. The largest absolute Gasteiger partial charge is 0.482 e. The summed E-state index contributed by atoms with van der Waals surface area (Å²) in [4.78, 5) is 26.7. The molecule has 5 nitrogen and oxygen atoms in total. The van der Waals surface area contributed by atoms with Crippen LogP contribution in [0.3, 0.4) is 0 Å². The summed E-state index contributed by atoms with van der Waals surface area (Å²) < 4.78 is 6.45. The van der Waals surface area contributed by atoms with Gasteiger partial charge in [-0.05, 0) is 60.2 Å². The minimum Gasteiger partial charge on any atom is -0.482 e. The highest BCUT2D eigenvalue weighted by Crippen LogP contribution is 2.35. The normalized spacial score (nSPS) is 12.9. The molecule has 0 radical (unpaired) electrons. The highest BCUT2D eigenvalue weighted by Gasteiger charge is 2.26. The molecule has 29 heavy (non-hydrogen) atoms. The van der Waals surface area contributed by atoms with E-state index in [1.165, 1.54) is 0 Å². The number of nitrogens with zero attached hydrogens (tertiary/aromatic N) is 1. The molecule has 1 aliphatic heterocycles. The highest BCUT2D eigenvalue weighted by atomic mass is 79.9. The van der Waals surface area contributed by atoms with E-state index in [4.69, 9.17) is 16.3 Å². The Labute approximate surface area is 181 Å². The fraction of sp³-hybridized carbons (Fsp3) is 0.0909. The van der Waals surface area contributed by atoms with E-state index in [1.54, 1.807) is 47.4 Å². The van der Waals surface area contributed by atoms with Crippen molar-refractivity contribution in [3.05, 3.63) is 87.4 Å². The quantitative estimate of drug-likeness (QED) is 0.563. The van der Waals surface area contributed by atoms with Gasteiger partial charge in [-0.1, -0.05) is 39.7 Å². The van der Waals surface area contributed by atoms with Gasteiger partial charge in [0.15, 0.2) is 6.61 Å². The lowest BCUT2D eigenvalue weighted by Crippen LogP contribution is -2.38. The molecule has 0 bridgehead atoms. The minimum atomic E-state index is -0.232. The van der Waals surface area contributed by atoms with Crippen LogP contribution in [0.15, 0.2) is 71.2 Å². The highest BCUT2D eigenvalue weighted by molar-refractivity contribution is 9.10. The van der Waals surface area contributed by atoms with Crippen molar-refractivity contribution in [2.45, 2.75) is 6.54 Å². The van der Waals surface area contributed by atoms with E-state index >= 15 is 0 Å². The summed E-state index contributed by atoms with van der Waals surface area (Å²) in [7, 11) is 0. The van der Waals surface area contributed by atoms with Gasteiger partial charge < -0.3 is 15.0 Å². The first-order chi connectivity index (χ1) is 14.0. The fourth-order valence-corrected chi connectivity index (χ4v) is 3.42. The maximum Gasteiger partial charge on any atom is 0.265 e. The predicted octanol–water partition coefficient (Wildman–Crippen LogP) is 5.28. The number of fused-ring (bicyclic) bond motifs is 1. The lowest BCUT2D eigenvalue weighted by molar-refractivity contribution is -0.121. The molecule has 0 saturated heterocycles. The lowest BCUT2D eigenvalue weighted by Gasteiger charge is -2.30. The Hall–Kier alpha value is -2.83. The number of hydrogen-bond donors (Lipinski definition) is 1. The monoisotopic (exact) mass is 470 g/mol. The fourth-order valence-electron chi connectivity index (χ4n) is 3.03. The van der Waals surface area contributed by atoms with E-state index in [9.17, 15) is 9.59 Å². The molecule has 3 aromatic carbocycles. The summed E-state index contributed by atoms with van der Waals surface area (Å²) in [5, 5.41) is 3.51. The van der Waals surface area contributed by atoms with E-state index in [2.05, 4.69) is 21.2 Å². The molecule has 1 heterocycles. The molecule has 4 rings (SSSR count). The second kappa shape index (κ2) is 8.27. The first-order valence-electron chi connectivity index (χ1n) is 8.88. The third-order valence-electron chi connectivity index (χ3n) is 4.52. The van der Waals surface area contributed by atoms with Crippen molar-refractivity contribution >= 4 is 50.7 Å². The number of carbonyl (C=O) groups excluding carboxylic acids is 2. The third-order valence-corrected chi connectivity index (χ3v) is 5.30. The van der Waals surface area contributed by atoms with E-state index in [0.29, 0.717) is 34.3 Å². The predicted molar refractivity (Wildman–Crippen MR) is 117 cm³/mol. The molecular formula is C22H16BrClN2O3. The number of nitrogens with one attached hydrogen (secondary N) is 1. The Morgan fingerprint density at radius 1 is 1.07 bits per heavy atom. The van der Waals surface area contributed by atoms with Gasteiger partial charge in [-0.25, -0.2) is 0 Å². The zero-order chi connectivity index (χ0) is 20.4. The molecule has 0 unspecified atom stereocenters. The summed E-state index contributed by atoms with van der Waals surface area (Å²) in [5.74, 6) is 0.216. The molecule has 1 aliphatic rings. The Morgan fingerprint density at radius 2 is 1.79 bits per heavy atom. The van der Waals surface area contributed by atoms with E-state index in [-0.39, 0.29) is 18.4 Å². The van der Waals surface area contributed by atoms with Gasteiger partial charge >= 0.3 is 0 Å². The van der Waals surface area contributed by atoms with Crippen molar-refractivity contribution in [1.29, 1.82) is 0 Å². The van der Waals surface area contributed by atoms with Gasteiger partial charge in [0.2, 0.25) is 0 Å². The minimum absolute atomic E-state index is 0.0226. The summed E-state index contributed by atoms with van der Waals surface area (Å²) in [5.41, 5.74) is 2.68. The maximum absolute atomic E-state index is 12.5. The molecule has 1 N–H and O–H groups in total. The van der Waals surface area contributed by atoms with E-state index < -0.39 is 0 Å². The molecule has 2 amide bonds. The average Bonchev–Trinajstić information content (AvgIpc) is 2.72. The molecule has 0 aromatic heterocycles. The number of hydrogen-bond acceptors (Lipinski definition) is 3. The Balaban J connectivity index is 1.59. The van der Waals surface area contributed by atoms with Crippen molar-refractivity contribution in [2.24, 2.45) is 0 Å². The summed E-state index contributed by atoms with van der Waals surface area (Å²) in [6, 6.07) is 19.7. The molecule has 0 aliphatic carbocycles. The third kappa shape index (κ3) is 4.44. The van der Waals surface area contributed by atoms with E-state index in [0.717, 1.165) is 10.0 Å². The Bertz CT molecular complexity index is 1070. The van der Waals surface area contributed by atoms with Crippen molar-refractivity contribution in [3.63, 3.8) is 0 Å². The van der Waals surface area contributed by atoms with Crippen LogP contribution in [-0.4, -0.2) is 18.4 Å². The smallest absolute Gasteiger partial charge is 0.265 e. The van der Waals surface area contributed by atoms with Gasteiger partial charge in [-0.15, -0.1) is 0 Å². The van der Waals surface area contributed by atoms with Crippen molar-refractivity contribution in [1.82, 2.24) is 0 Å². The average molecular weight is 472 g/mol. The second-order valence-electron chi connectivity index (χ2n) is 6.54. The van der Waals surface area contributed by atoms with Crippen LogP contribution in [0.2, 0.25) is 5.02 Å². The number of rotatable bonds is 4. The lowest BCUT2D eigenvalue weighted by atomic mass is 10.1. The zero-order valence-electron chi connectivity index (χ0n) is 15.2. The Morgan fingerprint density at radius 3 is 2.52 bits per heavy atom. The number of ether oxygens (including phenoxy) is 1. The standard InChI is InChI=1S/C22H16BrClN2O3/c23-16-5-3-15(4-6-16)22(28)25-18-9-10-20-19(11-18)26(21(27)13-29-20)12-14-1-7-17(24)8-2-14/h1-11H,12-13H2,(H,25,28). The molecule has 146 valence electrons. The van der Waals surface area contributed by atoms with Crippen LogP contribution in [-0.2, 0) is 11.3 Å². The topological polar surface area (TPSA) is 58.6 Å². The summed E-state index contributed by atoms with van der Waals surface area (Å²) >= 11 is 9.30. The van der Waals surface area contributed by atoms with Crippen molar-refractivity contribution < 1.29 is 14.3 Å². The summed E-state index contributed by atoms with van der Waals surface area (Å²) in [6.45, 7) is 0.363. The van der Waals surface area contributed by atoms with Crippen LogP contribution < -0.4 is 15.0 Å². The number of carbonyl (C=O) groups is 2. The number of amides is 2. The van der Waals surface area contributed by atoms with Gasteiger partial charge in [0.1, 0.15) is 5.75 Å². The van der Waals surface area contributed by atoms with Crippen LogP contribution in [0.25, 0.3) is 0 Å². The van der Waals surface area contributed by atoms with Gasteiger partial charge in [-0.3, -0.25) is 9.59 Å². The summed E-state index contributed by atoms with van der Waals surface area (Å²) in [6.07, 6.45) is 0. The second-order valence-corrected chi connectivity index (χ2v) is 7.89. The van der Waals surface area contributed by atoms with Crippen LogP contribution >= 0.6 is 27.5 Å². The Kier molecular flexibility index (Phi) is 5.56. The SMILES string of the molecule is O=C(Nc1ccc2c(c1)N(Cc1ccc(Cl)cc1)C(=O)CO2)c1ccc(Br)cc1. The van der Waals surface area contributed by atoms with Crippen LogP contribution in [0, 0.1) is 0 Å². The molecule has 0 spiro atoms. The van der Waals surface area contributed by atoms with E-state index in [1.807, 2.05) is 24.3 Å². The molecular weight excluding hydrogens is 456 g/mol.